The Kier molecular flexibility index (Phi) is 5.47. The number of carbonyl (C=O) groups excluding carboxylic acids is 1. The number of hydrogen-bond acceptors (Lipinski definition) is 5. The van der Waals surface area contributed by atoms with E-state index >= 15 is 0 Å². The zero-order valence-corrected chi connectivity index (χ0v) is 15.1. The van der Waals surface area contributed by atoms with Crippen molar-refractivity contribution in [1.29, 1.82) is 0 Å². The zero-order valence-electron chi connectivity index (χ0n) is 14.4. The Morgan fingerprint density at radius 3 is 2.92 bits per heavy atom. The topological polar surface area (TPSA) is 62.9 Å². The quantitative estimate of drug-likeness (QED) is 0.843. The molecule has 0 bridgehead atoms. The highest BCUT2D eigenvalue weighted by Gasteiger charge is 2.33. The maximum Gasteiger partial charge on any atom is 0.323 e. The van der Waals surface area contributed by atoms with Gasteiger partial charge in [0.2, 0.25) is 0 Å². The van der Waals surface area contributed by atoms with E-state index in [2.05, 4.69) is 0 Å². The molecule has 1 aromatic heterocycles. The number of carbonyl (C=O) groups is 1. The minimum atomic E-state index is -0.470. The van der Waals surface area contributed by atoms with E-state index in [-0.39, 0.29) is 5.97 Å². The molecule has 0 radical (unpaired) electrons. The molecular formula is C19H22ClNO4. The summed E-state index contributed by atoms with van der Waals surface area (Å²) < 4.78 is 10.8. The molecule has 2 aromatic rings. The summed E-state index contributed by atoms with van der Waals surface area (Å²) in [4.78, 5) is 14.0. The van der Waals surface area contributed by atoms with Crippen molar-refractivity contribution in [2.75, 3.05) is 13.7 Å². The number of aryl methyl sites for hydroxylation is 1. The lowest BCUT2D eigenvalue weighted by molar-refractivity contribution is -0.150. The number of nitrogens with zero attached hydrogens (tertiary/aromatic N) is 1. The third-order valence-electron chi connectivity index (χ3n) is 4.64. The van der Waals surface area contributed by atoms with E-state index in [1.807, 2.05) is 42.2 Å². The first-order valence-corrected chi connectivity index (χ1v) is 8.71. The van der Waals surface area contributed by atoms with Crippen LogP contribution in [0.5, 0.6) is 0 Å². The van der Waals surface area contributed by atoms with Gasteiger partial charge in [-0.15, -0.1) is 0 Å². The van der Waals surface area contributed by atoms with Crippen molar-refractivity contribution >= 4 is 17.6 Å². The third-order valence-corrected chi connectivity index (χ3v) is 5.04. The molecule has 1 saturated heterocycles. The molecule has 6 heteroatoms. The predicted octanol–water partition coefficient (Wildman–Crippen LogP) is 3.41. The number of benzene rings is 1. The van der Waals surface area contributed by atoms with Gasteiger partial charge in [-0.05, 0) is 43.5 Å². The van der Waals surface area contributed by atoms with Gasteiger partial charge in [-0.25, -0.2) is 0 Å². The van der Waals surface area contributed by atoms with Crippen LogP contribution in [0, 0.1) is 6.92 Å². The van der Waals surface area contributed by atoms with Gasteiger partial charge in [0.25, 0.3) is 0 Å². The summed E-state index contributed by atoms with van der Waals surface area (Å²) >= 11 is 6.18. The van der Waals surface area contributed by atoms with E-state index in [0.717, 1.165) is 22.6 Å². The van der Waals surface area contributed by atoms with Gasteiger partial charge >= 0.3 is 5.97 Å². The fourth-order valence-electron chi connectivity index (χ4n) is 3.13. The van der Waals surface area contributed by atoms with Gasteiger partial charge in [-0.1, -0.05) is 23.7 Å². The van der Waals surface area contributed by atoms with Crippen LogP contribution in [0.15, 0.2) is 34.7 Å². The van der Waals surface area contributed by atoms with Gasteiger partial charge in [0.15, 0.2) is 0 Å². The highest BCUT2D eigenvalue weighted by Crippen LogP contribution is 2.28. The fourth-order valence-corrected chi connectivity index (χ4v) is 3.31. The summed E-state index contributed by atoms with van der Waals surface area (Å²) in [6.45, 7) is 3.07. The molecule has 2 atom stereocenters. The van der Waals surface area contributed by atoms with Crippen LogP contribution in [-0.4, -0.2) is 41.8 Å². The molecule has 25 heavy (non-hydrogen) atoms. The second-order valence-corrected chi connectivity index (χ2v) is 6.82. The van der Waals surface area contributed by atoms with Gasteiger partial charge in [0.1, 0.15) is 17.6 Å². The molecule has 0 unspecified atom stereocenters. The molecule has 1 N–H and O–H groups in total. The first-order valence-electron chi connectivity index (χ1n) is 8.33. The monoisotopic (exact) mass is 363 g/mol. The third kappa shape index (κ3) is 4.06. The van der Waals surface area contributed by atoms with Gasteiger partial charge in [-0.3, -0.25) is 9.69 Å². The molecule has 1 fully saturated rings. The Hall–Kier alpha value is -1.82. The molecule has 1 aromatic carbocycles. The normalized spacial score (nSPS) is 21.3. The van der Waals surface area contributed by atoms with Gasteiger partial charge in [-0.2, -0.15) is 0 Å². The van der Waals surface area contributed by atoms with Crippen molar-refractivity contribution in [3.05, 3.63) is 46.7 Å². The molecule has 0 aliphatic carbocycles. The van der Waals surface area contributed by atoms with Crippen molar-refractivity contribution in [3.8, 4) is 11.3 Å². The van der Waals surface area contributed by atoms with Crippen LogP contribution in [0.1, 0.15) is 24.2 Å². The molecule has 0 saturated carbocycles. The van der Waals surface area contributed by atoms with Crippen LogP contribution in [0.25, 0.3) is 11.3 Å². The van der Waals surface area contributed by atoms with Gasteiger partial charge in [0.05, 0.1) is 19.8 Å². The number of methoxy groups -OCH3 is 1. The number of esters is 1. The molecule has 3 rings (SSSR count). The Balaban J connectivity index is 1.75. The predicted molar refractivity (Wildman–Crippen MR) is 95.3 cm³/mol. The molecule has 1 aliphatic rings. The number of piperidine rings is 1. The smallest absolute Gasteiger partial charge is 0.323 e. The number of aliphatic hydroxyl groups is 1. The maximum atomic E-state index is 12.0. The number of hydrogen-bond donors (Lipinski definition) is 1. The van der Waals surface area contributed by atoms with Gasteiger partial charge in [0, 0.05) is 17.1 Å². The molecular weight excluding hydrogens is 342 g/mol. The van der Waals surface area contributed by atoms with E-state index in [4.69, 9.17) is 20.8 Å². The van der Waals surface area contributed by atoms with Crippen molar-refractivity contribution in [2.24, 2.45) is 0 Å². The summed E-state index contributed by atoms with van der Waals surface area (Å²) in [7, 11) is 1.37. The average Bonchev–Trinajstić information content (AvgIpc) is 3.06. The molecule has 0 spiro atoms. The molecule has 1 aliphatic heterocycles. The second-order valence-electron chi connectivity index (χ2n) is 6.42. The molecule has 0 amide bonds. The summed E-state index contributed by atoms with van der Waals surface area (Å²) in [5.41, 5.74) is 1.94. The lowest BCUT2D eigenvalue weighted by atomic mass is 9.99. The van der Waals surface area contributed by atoms with E-state index < -0.39 is 12.1 Å². The van der Waals surface area contributed by atoms with E-state index in [1.165, 1.54) is 7.11 Å². The van der Waals surface area contributed by atoms with Crippen molar-refractivity contribution < 1.29 is 19.1 Å². The SMILES string of the molecule is COC(=O)[C@H]1C[C@@H](O)CCN1Cc1ccc(-c2ccc(C)c(Cl)c2)o1. The molecule has 134 valence electrons. The largest absolute Gasteiger partial charge is 0.468 e. The van der Waals surface area contributed by atoms with E-state index in [1.54, 1.807) is 0 Å². The number of furan rings is 1. The van der Waals surface area contributed by atoms with Crippen LogP contribution >= 0.6 is 11.6 Å². The number of ether oxygens (including phenoxy) is 1. The summed E-state index contributed by atoms with van der Waals surface area (Å²) in [6, 6.07) is 9.17. The second kappa shape index (κ2) is 7.60. The van der Waals surface area contributed by atoms with Crippen molar-refractivity contribution in [1.82, 2.24) is 4.90 Å². The Labute approximate surface area is 152 Å². The van der Waals surface area contributed by atoms with Gasteiger partial charge < -0.3 is 14.3 Å². The van der Waals surface area contributed by atoms with Crippen molar-refractivity contribution in [2.45, 2.75) is 38.5 Å². The van der Waals surface area contributed by atoms with Crippen LogP contribution in [-0.2, 0) is 16.1 Å². The number of aliphatic hydroxyl groups excluding tert-OH is 1. The number of likely N-dealkylation sites (tertiary alicyclic amines) is 1. The summed E-state index contributed by atoms with van der Waals surface area (Å²) in [5, 5.41) is 10.5. The molecule has 2 heterocycles. The molecule has 5 nitrogen and oxygen atoms in total. The maximum absolute atomic E-state index is 12.0. The first kappa shape index (κ1) is 18.0. The van der Waals surface area contributed by atoms with Crippen LogP contribution < -0.4 is 0 Å². The Morgan fingerprint density at radius 2 is 2.20 bits per heavy atom. The minimum Gasteiger partial charge on any atom is -0.468 e. The Bertz CT molecular complexity index is 758. The highest BCUT2D eigenvalue weighted by atomic mass is 35.5. The van der Waals surface area contributed by atoms with E-state index in [0.29, 0.717) is 31.0 Å². The standard InChI is InChI=1S/C19H22ClNO4/c1-12-3-4-13(9-16(12)20)18-6-5-15(25-18)11-21-8-7-14(22)10-17(21)19(23)24-2/h3-6,9,14,17,22H,7-8,10-11H2,1-2H3/t14-,17+/m0/s1. The number of rotatable bonds is 4. The zero-order chi connectivity index (χ0) is 18.0. The fraction of sp³-hybridized carbons (Fsp3) is 0.421. The van der Waals surface area contributed by atoms with Crippen LogP contribution in [0.4, 0.5) is 0 Å². The lowest BCUT2D eigenvalue weighted by Gasteiger charge is -2.35. The van der Waals surface area contributed by atoms with Crippen LogP contribution in [0.2, 0.25) is 5.02 Å². The minimum absolute atomic E-state index is 0.323. The van der Waals surface area contributed by atoms with E-state index in [9.17, 15) is 9.90 Å². The number of halogens is 1. The Morgan fingerprint density at radius 1 is 1.40 bits per heavy atom. The highest BCUT2D eigenvalue weighted by molar-refractivity contribution is 6.31. The van der Waals surface area contributed by atoms with Crippen molar-refractivity contribution in [3.63, 3.8) is 0 Å². The van der Waals surface area contributed by atoms with Crippen LogP contribution in [0.3, 0.4) is 0 Å². The average molecular weight is 364 g/mol. The lowest BCUT2D eigenvalue weighted by Crippen LogP contribution is -2.48. The first-order chi connectivity index (χ1) is 12.0. The summed E-state index contributed by atoms with van der Waals surface area (Å²) in [6.07, 6.45) is 0.546. The summed E-state index contributed by atoms with van der Waals surface area (Å²) in [5.74, 6) is 1.18.